The summed E-state index contributed by atoms with van der Waals surface area (Å²) in [6.45, 7) is 10.2. The molecule has 0 rings (SSSR count). The molecule has 0 spiro atoms. The third-order valence-corrected chi connectivity index (χ3v) is 2.40. The van der Waals surface area contributed by atoms with Crippen LogP contribution in [0, 0.1) is 0 Å². The quantitative estimate of drug-likeness (QED) is 0.533. The number of unbranched alkanes of at least 4 members (excludes halogenated alkanes) is 1. The van der Waals surface area contributed by atoms with Crippen LogP contribution in [0.3, 0.4) is 0 Å². The van der Waals surface area contributed by atoms with E-state index in [4.69, 9.17) is 9.47 Å². The van der Waals surface area contributed by atoms with E-state index in [1.165, 1.54) is 6.42 Å². The van der Waals surface area contributed by atoms with Crippen molar-refractivity contribution in [3.05, 3.63) is 0 Å². The number of hydrogen-bond acceptors (Lipinski definition) is 2. The fraction of sp³-hybridized carbons (Fsp3) is 1.00. The summed E-state index contributed by atoms with van der Waals surface area (Å²) >= 11 is 0. The molecule has 0 bridgehead atoms. The summed E-state index contributed by atoms with van der Waals surface area (Å²) in [4.78, 5) is 0. The Bertz CT molecular complexity index is 115. The Morgan fingerprint density at radius 3 is 2.29 bits per heavy atom. The number of hydrogen-bond donors (Lipinski definition) is 0. The molecule has 0 aliphatic rings. The summed E-state index contributed by atoms with van der Waals surface area (Å²) in [7, 11) is 0. The Morgan fingerprint density at radius 2 is 1.79 bits per heavy atom. The average molecular weight is 202 g/mol. The smallest absolute Gasteiger partial charge is 0.0809 e. The molecule has 0 N–H and O–H groups in total. The van der Waals surface area contributed by atoms with Gasteiger partial charge in [0.25, 0.3) is 0 Å². The van der Waals surface area contributed by atoms with E-state index in [1.54, 1.807) is 0 Å². The fourth-order valence-corrected chi connectivity index (χ4v) is 1.14. The van der Waals surface area contributed by atoms with E-state index in [0.29, 0.717) is 6.10 Å². The molecule has 2 nitrogen and oxygen atoms in total. The van der Waals surface area contributed by atoms with E-state index in [1.807, 2.05) is 0 Å². The lowest BCUT2D eigenvalue weighted by Crippen LogP contribution is -2.24. The van der Waals surface area contributed by atoms with Crippen LogP contribution < -0.4 is 0 Å². The van der Waals surface area contributed by atoms with E-state index in [0.717, 1.165) is 32.5 Å². The third-order valence-electron chi connectivity index (χ3n) is 2.40. The second-order valence-electron chi connectivity index (χ2n) is 3.81. The van der Waals surface area contributed by atoms with Crippen molar-refractivity contribution in [3.8, 4) is 0 Å². The van der Waals surface area contributed by atoms with E-state index in [-0.39, 0.29) is 6.10 Å². The molecule has 2 atom stereocenters. The largest absolute Gasteiger partial charge is 0.379 e. The van der Waals surface area contributed by atoms with Crippen molar-refractivity contribution in [2.24, 2.45) is 0 Å². The van der Waals surface area contributed by atoms with E-state index in [9.17, 15) is 0 Å². The van der Waals surface area contributed by atoms with Crippen molar-refractivity contribution < 1.29 is 9.47 Å². The molecule has 86 valence electrons. The minimum Gasteiger partial charge on any atom is -0.379 e. The summed E-state index contributed by atoms with van der Waals surface area (Å²) in [5.74, 6) is 0. The molecule has 0 aromatic rings. The van der Waals surface area contributed by atoms with Gasteiger partial charge in [0, 0.05) is 6.61 Å². The van der Waals surface area contributed by atoms with Crippen molar-refractivity contribution in [1.82, 2.24) is 0 Å². The first-order chi connectivity index (χ1) is 6.74. The maximum atomic E-state index is 5.80. The second kappa shape index (κ2) is 9.47. The van der Waals surface area contributed by atoms with E-state index in [2.05, 4.69) is 27.7 Å². The van der Waals surface area contributed by atoms with Crippen LogP contribution >= 0.6 is 0 Å². The van der Waals surface area contributed by atoms with Crippen LogP contribution in [0.4, 0.5) is 0 Å². The molecule has 0 aliphatic heterocycles. The van der Waals surface area contributed by atoms with Gasteiger partial charge in [-0.3, -0.25) is 0 Å². The highest BCUT2D eigenvalue weighted by atomic mass is 16.5. The zero-order valence-corrected chi connectivity index (χ0v) is 10.2. The molecule has 2 heteroatoms. The number of ether oxygens (including phenoxy) is 2. The molecule has 0 radical (unpaired) electrons. The van der Waals surface area contributed by atoms with Crippen LogP contribution in [0.25, 0.3) is 0 Å². The fourth-order valence-electron chi connectivity index (χ4n) is 1.14. The summed E-state index contributed by atoms with van der Waals surface area (Å²) in [5.41, 5.74) is 0. The van der Waals surface area contributed by atoms with Gasteiger partial charge in [0.15, 0.2) is 0 Å². The zero-order chi connectivity index (χ0) is 10.8. The second-order valence-corrected chi connectivity index (χ2v) is 3.81. The minimum absolute atomic E-state index is 0.279. The van der Waals surface area contributed by atoms with Gasteiger partial charge in [-0.15, -0.1) is 0 Å². The van der Waals surface area contributed by atoms with Crippen LogP contribution in [0.2, 0.25) is 0 Å². The molecule has 0 saturated carbocycles. The summed E-state index contributed by atoms with van der Waals surface area (Å²) < 4.78 is 11.4. The van der Waals surface area contributed by atoms with Crippen molar-refractivity contribution >= 4 is 0 Å². The normalized spacial score (nSPS) is 15.4. The Balaban J connectivity index is 3.47. The molecule has 0 aliphatic carbocycles. The van der Waals surface area contributed by atoms with Crippen molar-refractivity contribution in [2.45, 2.75) is 65.6 Å². The molecule has 0 aromatic heterocycles. The Kier molecular flexibility index (Phi) is 9.42. The van der Waals surface area contributed by atoms with Gasteiger partial charge in [0.2, 0.25) is 0 Å². The zero-order valence-electron chi connectivity index (χ0n) is 10.2. The molecule has 2 unspecified atom stereocenters. The highest BCUT2D eigenvalue weighted by Crippen LogP contribution is 2.06. The lowest BCUT2D eigenvalue weighted by molar-refractivity contribution is -0.0532. The maximum absolute atomic E-state index is 5.80. The van der Waals surface area contributed by atoms with Crippen molar-refractivity contribution in [3.63, 3.8) is 0 Å². The first-order valence-electron chi connectivity index (χ1n) is 5.97. The topological polar surface area (TPSA) is 18.5 Å². The first-order valence-corrected chi connectivity index (χ1v) is 5.97. The van der Waals surface area contributed by atoms with Gasteiger partial charge >= 0.3 is 0 Å². The van der Waals surface area contributed by atoms with Crippen LogP contribution in [0.15, 0.2) is 0 Å². The molecular formula is C12H26O2. The van der Waals surface area contributed by atoms with Crippen molar-refractivity contribution in [1.29, 1.82) is 0 Å². The summed E-state index contributed by atoms with van der Waals surface area (Å²) in [5, 5.41) is 0. The van der Waals surface area contributed by atoms with Gasteiger partial charge in [0.05, 0.1) is 18.8 Å². The summed E-state index contributed by atoms with van der Waals surface area (Å²) in [6, 6.07) is 0. The van der Waals surface area contributed by atoms with Gasteiger partial charge in [-0.25, -0.2) is 0 Å². The van der Waals surface area contributed by atoms with E-state index < -0.39 is 0 Å². The Hall–Kier alpha value is -0.0800. The lowest BCUT2D eigenvalue weighted by atomic mass is 10.2. The van der Waals surface area contributed by atoms with Crippen LogP contribution in [-0.4, -0.2) is 25.4 Å². The molecule has 0 saturated heterocycles. The van der Waals surface area contributed by atoms with Gasteiger partial charge in [-0.1, -0.05) is 27.2 Å². The molecule has 14 heavy (non-hydrogen) atoms. The molecule has 0 heterocycles. The predicted molar refractivity (Wildman–Crippen MR) is 60.6 cm³/mol. The van der Waals surface area contributed by atoms with Gasteiger partial charge in [-0.2, -0.15) is 0 Å². The van der Waals surface area contributed by atoms with Crippen LogP contribution in [0.1, 0.15) is 53.4 Å². The van der Waals surface area contributed by atoms with Crippen LogP contribution in [-0.2, 0) is 9.47 Å². The monoisotopic (exact) mass is 202 g/mol. The van der Waals surface area contributed by atoms with Crippen molar-refractivity contribution in [2.75, 3.05) is 13.2 Å². The molecule has 0 amide bonds. The molecular weight excluding hydrogens is 176 g/mol. The van der Waals surface area contributed by atoms with Crippen LogP contribution in [0.5, 0.6) is 0 Å². The van der Waals surface area contributed by atoms with Gasteiger partial charge in [0.1, 0.15) is 0 Å². The third kappa shape index (κ3) is 7.34. The number of rotatable bonds is 9. The average Bonchev–Trinajstić information content (AvgIpc) is 2.22. The highest BCUT2D eigenvalue weighted by molar-refractivity contribution is 4.57. The molecule has 0 aromatic carbocycles. The van der Waals surface area contributed by atoms with E-state index >= 15 is 0 Å². The first kappa shape index (κ1) is 13.9. The Labute approximate surface area is 89.0 Å². The SMILES string of the molecule is CCCCOCC(CC)OC(C)CC. The predicted octanol–water partition coefficient (Wildman–Crippen LogP) is 3.40. The van der Waals surface area contributed by atoms with Gasteiger partial charge < -0.3 is 9.47 Å². The Morgan fingerprint density at radius 1 is 1.07 bits per heavy atom. The lowest BCUT2D eigenvalue weighted by Gasteiger charge is -2.20. The standard InChI is InChI=1S/C12H26O2/c1-5-8-9-13-10-12(7-3)14-11(4)6-2/h11-12H,5-10H2,1-4H3. The van der Waals surface area contributed by atoms with Gasteiger partial charge in [-0.05, 0) is 26.2 Å². The highest BCUT2D eigenvalue weighted by Gasteiger charge is 2.09. The summed E-state index contributed by atoms with van der Waals surface area (Å²) in [6.07, 6.45) is 5.10. The minimum atomic E-state index is 0.279. The molecule has 0 fully saturated rings. The maximum Gasteiger partial charge on any atom is 0.0809 e.